The summed E-state index contributed by atoms with van der Waals surface area (Å²) in [6.45, 7) is 0.344. The van der Waals surface area contributed by atoms with Crippen LogP contribution in [-0.2, 0) is 13.1 Å². The predicted molar refractivity (Wildman–Crippen MR) is 103 cm³/mol. The number of imidazole rings is 2. The average Bonchev–Trinajstić information content (AvgIpc) is 3.47. The first-order valence-corrected chi connectivity index (χ1v) is 9.23. The Morgan fingerprint density at radius 3 is 3.03 bits per heavy atom. The summed E-state index contributed by atoms with van der Waals surface area (Å²) in [5.74, 6) is -1.05. The van der Waals surface area contributed by atoms with Gasteiger partial charge in [0.05, 0.1) is 48.2 Å². The molecule has 0 fully saturated rings. The molecule has 0 aromatic carbocycles. The van der Waals surface area contributed by atoms with Crippen LogP contribution in [0.5, 0.6) is 0 Å². The van der Waals surface area contributed by atoms with Gasteiger partial charge in [0, 0.05) is 12.4 Å². The molecule has 5 aromatic heterocycles. The Kier molecular flexibility index (Phi) is 4.36. The van der Waals surface area contributed by atoms with E-state index in [1.54, 1.807) is 29.2 Å². The van der Waals surface area contributed by atoms with E-state index in [0.29, 0.717) is 17.9 Å². The Hall–Kier alpha value is -3.86. The highest BCUT2D eigenvalue weighted by molar-refractivity contribution is 6.31. The number of pyridine rings is 1. The van der Waals surface area contributed by atoms with Crippen molar-refractivity contribution in [3.8, 4) is 0 Å². The van der Waals surface area contributed by atoms with Crippen LogP contribution in [0.25, 0.3) is 11.2 Å². The number of carbonyl (C=O) groups excluding carboxylic acids is 1. The van der Waals surface area contributed by atoms with Gasteiger partial charge in [0.15, 0.2) is 17.2 Å². The third-order valence-corrected chi connectivity index (χ3v) is 4.76. The number of fused-ring (bicyclic) bond motifs is 2. The third-order valence-electron chi connectivity index (χ3n) is 4.47. The SMILES string of the molecule is O=C(NCc1ncn2ccc(Cl)c(F)c12)c1cn(Cc2cn3ncccc3n2)nn1. The van der Waals surface area contributed by atoms with E-state index in [0.717, 1.165) is 5.69 Å². The molecule has 5 rings (SSSR count). The molecule has 0 saturated heterocycles. The zero-order valence-corrected chi connectivity index (χ0v) is 16.0. The fourth-order valence-electron chi connectivity index (χ4n) is 3.07. The van der Waals surface area contributed by atoms with Crippen LogP contribution < -0.4 is 5.32 Å². The van der Waals surface area contributed by atoms with Gasteiger partial charge in [0.25, 0.3) is 5.91 Å². The van der Waals surface area contributed by atoms with E-state index in [9.17, 15) is 9.18 Å². The number of carbonyl (C=O) groups is 1. The van der Waals surface area contributed by atoms with E-state index in [-0.39, 0.29) is 22.8 Å². The second-order valence-electron chi connectivity index (χ2n) is 6.47. The molecule has 10 nitrogen and oxygen atoms in total. The molecule has 0 bridgehead atoms. The molecule has 0 saturated carbocycles. The summed E-state index contributed by atoms with van der Waals surface area (Å²) in [6, 6.07) is 5.07. The molecule has 1 amide bonds. The van der Waals surface area contributed by atoms with Crippen molar-refractivity contribution in [2.45, 2.75) is 13.1 Å². The van der Waals surface area contributed by atoms with Gasteiger partial charge < -0.3 is 9.72 Å². The van der Waals surface area contributed by atoms with Gasteiger partial charge >= 0.3 is 0 Å². The number of aromatic nitrogens is 8. The monoisotopic (exact) mass is 425 g/mol. The van der Waals surface area contributed by atoms with Crippen LogP contribution in [-0.4, -0.2) is 44.9 Å². The Morgan fingerprint density at radius 2 is 2.17 bits per heavy atom. The molecule has 5 heterocycles. The van der Waals surface area contributed by atoms with Crippen molar-refractivity contribution >= 4 is 28.7 Å². The van der Waals surface area contributed by atoms with Gasteiger partial charge in [-0.05, 0) is 18.2 Å². The van der Waals surface area contributed by atoms with Crippen molar-refractivity contribution < 1.29 is 9.18 Å². The van der Waals surface area contributed by atoms with Crippen LogP contribution in [0.2, 0.25) is 5.02 Å². The minimum Gasteiger partial charge on any atom is -0.345 e. The molecular formula is C18H13ClFN9O. The predicted octanol–water partition coefficient (Wildman–Crippen LogP) is 1.74. The van der Waals surface area contributed by atoms with Gasteiger partial charge in [0.2, 0.25) is 0 Å². The Morgan fingerprint density at radius 1 is 1.27 bits per heavy atom. The highest BCUT2D eigenvalue weighted by Crippen LogP contribution is 2.21. The fraction of sp³-hybridized carbons (Fsp3) is 0.111. The summed E-state index contributed by atoms with van der Waals surface area (Å²) in [5, 5.41) is 14.7. The molecule has 0 spiro atoms. The van der Waals surface area contributed by atoms with Gasteiger partial charge in [-0.3, -0.25) is 4.79 Å². The summed E-state index contributed by atoms with van der Waals surface area (Å²) < 4.78 is 18.9. The quantitative estimate of drug-likeness (QED) is 0.459. The minimum atomic E-state index is -0.589. The van der Waals surface area contributed by atoms with Crippen molar-refractivity contribution in [1.29, 1.82) is 0 Å². The molecule has 0 aliphatic rings. The number of nitrogens with one attached hydrogen (secondary N) is 1. The first-order valence-electron chi connectivity index (χ1n) is 8.85. The summed E-state index contributed by atoms with van der Waals surface area (Å²) in [7, 11) is 0. The number of nitrogens with zero attached hydrogens (tertiary/aromatic N) is 8. The highest BCUT2D eigenvalue weighted by Gasteiger charge is 2.16. The first-order chi connectivity index (χ1) is 14.6. The Labute approximate surface area is 172 Å². The lowest BCUT2D eigenvalue weighted by molar-refractivity contribution is 0.0945. The van der Waals surface area contributed by atoms with Crippen LogP contribution in [0.1, 0.15) is 21.9 Å². The highest BCUT2D eigenvalue weighted by atomic mass is 35.5. The fourth-order valence-corrected chi connectivity index (χ4v) is 3.22. The number of hydrogen-bond acceptors (Lipinski definition) is 6. The summed E-state index contributed by atoms with van der Waals surface area (Å²) in [4.78, 5) is 21.0. The smallest absolute Gasteiger partial charge is 0.273 e. The third kappa shape index (κ3) is 3.24. The molecular weight excluding hydrogens is 413 g/mol. The lowest BCUT2D eigenvalue weighted by Crippen LogP contribution is -2.23. The van der Waals surface area contributed by atoms with E-state index in [4.69, 9.17) is 11.6 Å². The van der Waals surface area contributed by atoms with E-state index in [1.807, 2.05) is 6.07 Å². The summed E-state index contributed by atoms with van der Waals surface area (Å²) in [5.41, 5.74) is 2.13. The van der Waals surface area contributed by atoms with Crippen molar-refractivity contribution in [2.24, 2.45) is 0 Å². The van der Waals surface area contributed by atoms with Gasteiger partial charge in [-0.1, -0.05) is 16.8 Å². The molecule has 12 heteroatoms. The zero-order chi connectivity index (χ0) is 20.7. The van der Waals surface area contributed by atoms with Crippen molar-refractivity contribution in [1.82, 2.24) is 44.3 Å². The molecule has 150 valence electrons. The molecule has 1 N–H and O–H groups in total. The number of hydrogen-bond donors (Lipinski definition) is 1. The van der Waals surface area contributed by atoms with Crippen LogP contribution in [0.4, 0.5) is 4.39 Å². The van der Waals surface area contributed by atoms with Crippen molar-refractivity contribution in [3.63, 3.8) is 0 Å². The van der Waals surface area contributed by atoms with Crippen molar-refractivity contribution in [2.75, 3.05) is 0 Å². The molecule has 30 heavy (non-hydrogen) atoms. The second kappa shape index (κ2) is 7.19. The largest absolute Gasteiger partial charge is 0.345 e. The second-order valence-corrected chi connectivity index (χ2v) is 6.87. The lowest BCUT2D eigenvalue weighted by atomic mass is 10.3. The molecule has 0 aliphatic carbocycles. The van der Waals surface area contributed by atoms with Gasteiger partial charge in [-0.25, -0.2) is 23.6 Å². The van der Waals surface area contributed by atoms with Crippen LogP contribution in [0, 0.1) is 5.82 Å². The number of halogens is 2. The zero-order valence-electron chi connectivity index (χ0n) is 15.3. The van der Waals surface area contributed by atoms with Crippen LogP contribution in [0.3, 0.4) is 0 Å². The number of rotatable bonds is 5. The maximum Gasteiger partial charge on any atom is 0.273 e. The van der Waals surface area contributed by atoms with E-state index in [2.05, 4.69) is 30.7 Å². The summed E-state index contributed by atoms with van der Waals surface area (Å²) in [6.07, 6.45) is 8.00. The van der Waals surface area contributed by atoms with Gasteiger partial charge in [-0.15, -0.1) is 5.10 Å². The van der Waals surface area contributed by atoms with E-state index < -0.39 is 11.7 Å². The minimum absolute atomic E-state index is 0.0115. The first kappa shape index (κ1) is 18.2. The topological polar surface area (TPSA) is 107 Å². The number of amides is 1. The average molecular weight is 426 g/mol. The van der Waals surface area contributed by atoms with Crippen LogP contribution in [0.15, 0.2) is 49.3 Å². The van der Waals surface area contributed by atoms with E-state index >= 15 is 0 Å². The Bertz CT molecular complexity index is 1360. The molecule has 0 radical (unpaired) electrons. The standard InChI is InChI=1S/C18H13ClFN9O/c19-12-3-5-27-10-22-13(17(27)16(12)20)6-21-18(30)14-9-28(26-25-14)7-11-8-29-15(24-11)2-1-4-23-29/h1-5,8-10H,6-7H2,(H,21,30). The van der Waals surface area contributed by atoms with Crippen molar-refractivity contribution in [3.05, 3.63) is 77.2 Å². The van der Waals surface area contributed by atoms with Crippen LogP contribution >= 0.6 is 11.6 Å². The molecule has 5 aromatic rings. The normalized spacial score (nSPS) is 11.4. The van der Waals surface area contributed by atoms with Gasteiger partial charge in [-0.2, -0.15) is 5.10 Å². The van der Waals surface area contributed by atoms with Gasteiger partial charge in [0.1, 0.15) is 5.52 Å². The maximum absolute atomic E-state index is 14.3. The van der Waals surface area contributed by atoms with E-state index in [1.165, 1.54) is 27.7 Å². The lowest BCUT2D eigenvalue weighted by Gasteiger charge is -2.03. The molecule has 0 aliphatic heterocycles. The Balaban J connectivity index is 1.28. The maximum atomic E-state index is 14.3. The summed E-state index contributed by atoms with van der Waals surface area (Å²) >= 11 is 5.84. The molecule has 0 atom stereocenters. The molecule has 0 unspecified atom stereocenters.